The molecule has 7 nitrogen and oxygen atoms in total. The van der Waals surface area contributed by atoms with Crippen molar-refractivity contribution in [2.24, 2.45) is 22.0 Å². The van der Waals surface area contributed by atoms with Crippen molar-refractivity contribution >= 4 is 34.7 Å². The fourth-order valence-corrected chi connectivity index (χ4v) is 3.41. The first kappa shape index (κ1) is 19.4. The van der Waals surface area contributed by atoms with Crippen LogP contribution in [0.25, 0.3) is 0 Å². The summed E-state index contributed by atoms with van der Waals surface area (Å²) in [5.41, 5.74) is 9.33. The summed E-state index contributed by atoms with van der Waals surface area (Å²) in [6.45, 7) is 4.14. The maximum absolute atomic E-state index is 4.56. The van der Waals surface area contributed by atoms with Gasteiger partial charge in [0.05, 0.1) is 0 Å². The van der Waals surface area contributed by atoms with Gasteiger partial charge < -0.3 is 5.32 Å². The number of para-hydroxylation sites is 1. The quantitative estimate of drug-likeness (QED) is 0.414. The zero-order chi connectivity index (χ0) is 20.1. The Kier molecular flexibility index (Phi) is 6.03. The van der Waals surface area contributed by atoms with E-state index in [0.29, 0.717) is 29.4 Å². The molecule has 0 atom stereocenters. The number of hydrogen-bond donors (Lipinski definition) is 3. The summed E-state index contributed by atoms with van der Waals surface area (Å²) in [5.74, 6) is 2.95. The molecule has 1 aromatic carbocycles. The zero-order valence-corrected chi connectivity index (χ0v) is 17.2. The molecule has 2 fully saturated rings. The van der Waals surface area contributed by atoms with Gasteiger partial charge in [-0.25, -0.2) is 5.43 Å². The predicted octanol–water partition coefficient (Wildman–Crippen LogP) is 5.40. The fourth-order valence-electron chi connectivity index (χ4n) is 3.41. The lowest BCUT2D eigenvalue weighted by Crippen LogP contribution is -2.21. The summed E-state index contributed by atoms with van der Waals surface area (Å²) in [6, 6.07) is 11.8. The van der Waals surface area contributed by atoms with Gasteiger partial charge in [0.2, 0.25) is 5.95 Å². The normalized spacial score (nSPS) is 18.0. The molecule has 4 rings (SSSR count). The lowest BCUT2D eigenvalue weighted by Gasteiger charge is -2.25. The van der Waals surface area contributed by atoms with Gasteiger partial charge in [0.1, 0.15) is 5.82 Å². The Morgan fingerprint density at radius 3 is 2.00 bits per heavy atom. The Morgan fingerprint density at radius 2 is 1.41 bits per heavy atom. The summed E-state index contributed by atoms with van der Waals surface area (Å²) < 4.78 is 0. The first-order valence-corrected chi connectivity index (χ1v) is 10.5. The second-order valence-corrected chi connectivity index (χ2v) is 7.94. The molecule has 152 valence electrons. The molecule has 1 aromatic heterocycles. The molecule has 3 N–H and O–H groups in total. The third-order valence-electron chi connectivity index (χ3n) is 5.84. The second-order valence-electron chi connectivity index (χ2n) is 7.94. The van der Waals surface area contributed by atoms with E-state index in [9.17, 15) is 0 Å². The largest absolute Gasteiger partial charge is 0.340 e. The standard InChI is InChI=1S/C22H29N7/c1-15(17-8-6-9-17)26-28-21-14-20(23-19-12-4-3-5-13-19)24-22(25-21)29-27-16(2)18-10-7-11-18/h3-5,12-14,17-18H,6-11H2,1-2H3,(H3,23,24,25,28,29). The highest BCUT2D eigenvalue weighted by Crippen LogP contribution is 2.28. The van der Waals surface area contributed by atoms with Crippen molar-refractivity contribution in [1.29, 1.82) is 0 Å². The van der Waals surface area contributed by atoms with E-state index in [-0.39, 0.29) is 0 Å². The highest BCUT2D eigenvalue weighted by molar-refractivity contribution is 5.86. The van der Waals surface area contributed by atoms with Crippen LogP contribution in [0.15, 0.2) is 46.6 Å². The van der Waals surface area contributed by atoms with Crippen LogP contribution in [0.5, 0.6) is 0 Å². The van der Waals surface area contributed by atoms with Crippen LogP contribution in [0.2, 0.25) is 0 Å². The summed E-state index contributed by atoms with van der Waals surface area (Å²) in [5, 5.41) is 12.4. The Labute approximate surface area is 172 Å². The van der Waals surface area contributed by atoms with Crippen molar-refractivity contribution in [2.75, 3.05) is 16.2 Å². The Balaban J connectivity index is 1.52. The molecule has 2 saturated carbocycles. The number of aromatic nitrogens is 2. The van der Waals surface area contributed by atoms with E-state index in [0.717, 1.165) is 17.1 Å². The lowest BCUT2D eigenvalue weighted by atomic mass is 9.82. The molecular formula is C22H29N7. The first-order valence-electron chi connectivity index (χ1n) is 10.5. The highest BCUT2D eigenvalue weighted by atomic mass is 15.4. The van der Waals surface area contributed by atoms with Gasteiger partial charge in [-0.1, -0.05) is 31.0 Å². The number of nitrogens with one attached hydrogen (secondary N) is 3. The molecule has 2 aliphatic carbocycles. The summed E-state index contributed by atoms with van der Waals surface area (Å²) in [4.78, 5) is 9.10. The van der Waals surface area contributed by atoms with Crippen LogP contribution in [0.4, 0.5) is 23.3 Å². The maximum atomic E-state index is 4.56. The van der Waals surface area contributed by atoms with E-state index in [4.69, 9.17) is 0 Å². The molecule has 1 heterocycles. The third-order valence-corrected chi connectivity index (χ3v) is 5.84. The fraction of sp³-hybridized carbons (Fsp3) is 0.455. The van der Waals surface area contributed by atoms with E-state index in [1.165, 1.54) is 38.5 Å². The van der Waals surface area contributed by atoms with Crippen LogP contribution >= 0.6 is 0 Å². The van der Waals surface area contributed by atoms with E-state index in [2.05, 4.69) is 50.2 Å². The van der Waals surface area contributed by atoms with Crippen LogP contribution in [0.1, 0.15) is 52.4 Å². The van der Waals surface area contributed by atoms with Crippen LogP contribution in [-0.2, 0) is 0 Å². The minimum absolute atomic E-state index is 0.448. The molecule has 0 amide bonds. The van der Waals surface area contributed by atoms with E-state index < -0.39 is 0 Å². The molecule has 0 radical (unpaired) electrons. The Hall–Kier alpha value is -2.96. The smallest absolute Gasteiger partial charge is 0.247 e. The molecule has 0 aliphatic heterocycles. The topological polar surface area (TPSA) is 86.6 Å². The van der Waals surface area contributed by atoms with Gasteiger partial charge in [0.25, 0.3) is 0 Å². The van der Waals surface area contributed by atoms with Gasteiger partial charge in [-0.2, -0.15) is 20.2 Å². The van der Waals surface area contributed by atoms with Gasteiger partial charge in [-0.3, -0.25) is 5.43 Å². The van der Waals surface area contributed by atoms with Gasteiger partial charge in [-0.15, -0.1) is 0 Å². The maximum Gasteiger partial charge on any atom is 0.247 e. The summed E-state index contributed by atoms with van der Waals surface area (Å²) >= 11 is 0. The minimum atomic E-state index is 0.448. The molecule has 0 spiro atoms. The molecule has 2 aliphatic rings. The van der Waals surface area contributed by atoms with Crippen molar-refractivity contribution in [3.05, 3.63) is 36.4 Å². The van der Waals surface area contributed by atoms with Crippen LogP contribution in [0.3, 0.4) is 0 Å². The van der Waals surface area contributed by atoms with Crippen LogP contribution in [-0.4, -0.2) is 21.4 Å². The third kappa shape index (κ3) is 5.10. The monoisotopic (exact) mass is 391 g/mol. The van der Waals surface area contributed by atoms with Gasteiger partial charge >= 0.3 is 0 Å². The van der Waals surface area contributed by atoms with Crippen molar-refractivity contribution < 1.29 is 0 Å². The lowest BCUT2D eigenvalue weighted by molar-refractivity contribution is 0.412. The number of benzene rings is 1. The SMILES string of the molecule is CC(=NNc1cc(Nc2ccccc2)nc(NN=C(C)C2CCC2)n1)C1CCC1. The predicted molar refractivity (Wildman–Crippen MR) is 120 cm³/mol. The number of rotatable bonds is 8. The molecule has 0 unspecified atom stereocenters. The Morgan fingerprint density at radius 1 is 0.828 bits per heavy atom. The van der Waals surface area contributed by atoms with Gasteiger partial charge in [0, 0.05) is 23.2 Å². The van der Waals surface area contributed by atoms with Gasteiger partial charge in [0.15, 0.2) is 5.82 Å². The average molecular weight is 392 g/mol. The Bertz CT molecular complexity index is 833. The zero-order valence-electron chi connectivity index (χ0n) is 17.2. The number of hydrazone groups is 2. The average Bonchev–Trinajstić information content (AvgIpc) is 2.63. The van der Waals surface area contributed by atoms with Gasteiger partial charge in [-0.05, 0) is 63.5 Å². The van der Waals surface area contributed by atoms with Crippen molar-refractivity contribution in [1.82, 2.24) is 9.97 Å². The van der Waals surface area contributed by atoms with Crippen molar-refractivity contribution in [2.45, 2.75) is 52.4 Å². The van der Waals surface area contributed by atoms with Crippen molar-refractivity contribution in [3.8, 4) is 0 Å². The summed E-state index contributed by atoms with van der Waals surface area (Å²) in [7, 11) is 0. The van der Waals surface area contributed by atoms with Crippen LogP contribution < -0.4 is 16.2 Å². The van der Waals surface area contributed by atoms with E-state index >= 15 is 0 Å². The highest BCUT2D eigenvalue weighted by Gasteiger charge is 2.21. The van der Waals surface area contributed by atoms with E-state index in [1.807, 2.05) is 36.4 Å². The molecule has 7 heteroatoms. The van der Waals surface area contributed by atoms with Crippen LogP contribution in [0, 0.1) is 11.8 Å². The second kappa shape index (κ2) is 9.03. The number of nitrogens with zero attached hydrogens (tertiary/aromatic N) is 4. The first-order chi connectivity index (χ1) is 14.2. The molecule has 2 aromatic rings. The van der Waals surface area contributed by atoms with E-state index in [1.54, 1.807) is 0 Å². The minimum Gasteiger partial charge on any atom is -0.340 e. The van der Waals surface area contributed by atoms with Crippen molar-refractivity contribution in [3.63, 3.8) is 0 Å². The summed E-state index contributed by atoms with van der Waals surface area (Å²) in [6.07, 6.45) is 7.47. The molecular weight excluding hydrogens is 362 g/mol. The molecule has 0 bridgehead atoms. The number of anilines is 4. The number of hydrogen-bond acceptors (Lipinski definition) is 7. The molecule has 29 heavy (non-hydrogen) atoms. The molecule has 0 saturated heterocycles.